The van der Waals surface area contributed by atoms with Crippen LogP contribution in [0.5, 0.6) is 11.6 Å². The van der Waals surface area contributed by atoms with Crippen molar-refractivity contribution in [3.8, 4) is 11.6 Å². The minimum atomic E-state index is 0.372. The lowest BCUT2D eigenvalue weighted by Gasteiger charge is -2.28. The Morgan fingerprint density at radius 3 is 2.75 bits per heavy atom. The number of anilines is 2. The second-order valence-electron chi connectivity index (χ2n) is 5.45. The Balaban J connectivity index is 1.69. The number of rotatable bonds is 3. The Bertz CT molecular complexity index is 861. The molecule has 3 aromatic rings. The summed E-state index contributed by atoms with van der Waals surface area (Å²) in [7, 11) is 0. The zero-order valence-electron chi connectivity index (χ0n) is 13.1. The molecule has 2 N–H and O–H groups in total. The summed E-state index contributed by atoms with van der Waals surface area (Å²) >= 11 is 1.94. The monoisotopic (exact) mass is 339 g/mol. The van der Waals surface area contributed by atoms with Gasteiger partial charge in [0, 0.05) is 36.2 Å². The number of benzene rings is 1. The number of nitrogens with zero attached hydrogens (tertiary/aromatic N) is 4. The second-order valence-corrected chi connectivity index (χ2v) is 6.67. The van der Waals surface area contributed by atoms with Crippen molar-refractivity contribution in [2.75, 3.05) is 35.2 Å². The Labute approximate surface area is 144 Å². The van der Waals surface area contributed by atoms with Gasteiger partial charge < -0.3 is 15.4 Å². The lowest BCUT2D eigenvalue weighted by atomic mass is 10.2. The first kappa shape index (κ1) is 15.0. The van der Waals surface area contributed by atoms with Crippen molar-refractivity contribution in [1.29, 1.82) is 0 Å². The number of thioether (sulfide) groups is 1. The number of nitrogens with two attached hydrogens (primary N) is 1. The largest absolute Gasteiger partial charge is 0.435 e. The van der Waals surface area contributed by atoms with Gasteiger partial charge in [0.05, 0.1) is 0 Å². The van der Waals surface area contributed by atoms with Crippen molar-refractivity contribution in [2.24, 2.45) is 0 Å². The van der Waals surface area contributed by atoms with Gasteiger partial charge in [0.25, 0.3) is 0 Å². The van der Waals surface area contributed by atoms with Crippen molar-refractivity contribution in [1.82, 2.24) is 15.0 Å². The maximum atomic E-state index is 6.29. The van der Waals surface area contributed by atoms with Gasteiger partial charge in [-0.05, 0) is 12.1 Å². The summed E-state index contributed by atoms with van der Waals surface area (Å²) < 4.78 is 5.98. The van der Waals surface area contributed by atoms with Gasteiger partial charge in [-0.15, -0.1) is 0 Å². The third-order valence-corrected chi connectivity index (χ3v) is 4.88. The molecule has 0 amide bonds. The average molecular weight is 339 g/mol. The molecule has 0 bridgehead atoms. The average Bonchev–Trinajstić information content (AvgIpc) is 2.64. The molecule has 0 spiro atoms. The van der Waals surface area contributed by atoms with Crippen LogP contribution in [0.1, 0.15) is 0 Å². The molecule has 4 rings (SSSR count). The van der Waals surface area contributed by atoms with Crippen LogP contribution in [0.25, 0.3) is 10.9 Å². The van der Waals surface area contributed by atoms with E-state index in [-0.39, 0.29) is 0 Å². The molecule has 0 atom stereocenters. The number of pyridine rings is 1. The Morgan fingerprint density at radius 1 is 1.04 bits per heavy atom. The van der Waals surface area contributed by atoms with E-state index < -0.39 is 0 Å². The fraction of sp³-hybridized carbons (Fsp3) is 0.235. The molecule has 1 aliphatic heterocycles. The van der Waals surface area contributed by atoms with Crippen LogP contribution in [-0.4, -0.2) is 39.5 Å². The third-order valence-electron chi connectivity index (χ3n) is 3.94. The fourth-order valence-electron chi connectivity index (χ4n) is 2.74. The van der Waals surface area contributed by atoms with E-state index in [1.165, 1.54) is 6.33 Å². The Morgan fingerprint density at radius 2 is 1.88 bits per heavy atom. The van der Waals surface area contributed by atoms with Crippen molar-refractivity contribution in [3.63, 3.8) is 0 Å². The molecule has 6 nitrogen and oxygen atoms in total. The van der Waals surface area contributed by atoms with E-state index in [1.807, 2.05) is 42.1 Å². The van der Waals surface area contributed by atoms with E-state index in [0.29, 0.717) is 17.3 Å². The summed E-state index contributed by atoms with van der Waals surface area (Å²) in [6.45, 7) is 1.86. The van der Waals surface area contributed by atoms with Gasteiger partial charge in [0.15, 0.2) is 11.6 Å². The van der Waals surface area contributed by atoms with Gasteiger partial charge in [-0.2, -0.15) is 16.7 Å². The molecule has 24 heavy (non-hydrogen) atoms. The summed E-state index contributed by atoms with van der Waals surface area (Å²) in [6, 6.07) is 9.69. The number of nitrogen functional groups attached to an aromatic ring is 1. The number of aromatic nitrogens is 3. The molecule has 0 saturated carbocycles. The molecule has 1 fully saturated rings. The predicted octanol–water partition coefficient (Wildman–Crippen LogP) is 2.95. The van der Waals surface area contributed by atoms with Gasteiger partial charge >= 0.3 is 0 Å². The van der Waals surface area contributed by atoms with E-state index in [4.69, 9.17) is 10.5 Å². The van der Waals surface area contributed by atoms with Crippen LogP contribution in [0.2, 0.25) is 0 Å². The molecule has 3 heterocycles. The summed E-state index contributed by atoms with van der Waals surface area (Å²) in [5.41, 5.74) is 7.54. The van der Waals surface area contributed by atoms with Crippen molar-refractivity contribution >= 4 is 34.2 Å². The number of hydrogen-bond donors (Lipinski definition) is 1. The van der Waals surface area contributed by atoms with Gasteiger partial charge in [-0.1, -0.05) is 18.2 Å². The topological polar surface area (TPSA) is 77.2 Å². The molecule has 122 valence electrons. The molecule has 0 unspecified atom stereocenters. The van der Waals surface area contributed by atoms with Crippen LogP contribution < -0.4 is 15.4 Å². The Hall–Kier alpha value is -2.54. The molecule has 7 heteroatoms. The second kappa shape index (κ2) is 6.52. The number of para-hydroxylation sites is 1. The highest BCUT2D eigenvalue weighted by molar-refractivity contribution is 7.99. The normalized spacial score (nSPS) is 14.8. The summed E-state index contributed by atoms with van der Waals surface area (Å²) in [6.07, 6.45) is 3.25. The lowest BCUT2D eigenvalue weighted by Crippen LogP contribution is -2.33. The van der Waals surface area contributed by atoms with Gasteiger partial charge in [0.2, 0.25) is 5.88 Å². The van der Waals surface area contributed by atoms with Crippen LogP contribution in [0.3, 0.4) is 0 Å². The summed E-state index contributed by atoms with van der Waals surface area (Å²) in [5, 5.41) is 1.01. The standard InChI is InChI=1S/C17H17N5OS/c18-14-16(22-7-9-24-10-8-22)20-11-21-17(14)23-13-5-1-3-12-4-2-6-19-15(12)13/h1-6,11H,7-10,18H2. The first-order valence-electron chi connectivity index (χ1n) is 7.78. The van der Waals surface area contributed by atoms with Crippen LogP contribution in [-0.2, 0) is 0 Å². The van der Waals surface area contributed by atoms with E-state index in [1.54, 1.807) is 6.20 Å². The summed E-state index contributed by atoms with van der Waals surface area (Å²) in [5.74, 6) is 3.91. The maximum absolute atomic E-state index is 6.29. The lowest BCUT2D eigenvalue weighted by molar-refractivity contribution is 0.468. The molecule has 1 aromatic carbocycles. The van der Waals surface area contributed by atoms with E-state index in [2.05, 4.69) is 19.9 Å². The predicted molar refractivity (Wildman–Crippen MR) is 97.8 cm³/mol. The molecule has 1 saturated heterocycles. The zero-order chi connectivity index (χ0) is 16.4. The number of ether oxygens (including phenoxy) is 1. The fourth-order valence-corrected chi connectivity index (χ4v) is 3.65. The highest BCUT2D eigenvalue weighted by Gasteiger charge is 2.19. The van der Waals surface area contributed by atoms with E-state index in [0.717, 1.165) is 41.3 Å². The first-order valence-corrected chi connectivity index (χ1v) is 8.93. The smallest absolute Gasteiger partial charge is 0.248 e. The van der Waals surface area contributed by atoms with Crippen molar-refractivity contribution in [2.45, 2.75) is 0 Å². The van der Waals surface area contributed by atoms with Crippen molar-refractivity contribution < 1.29 is 4.74 Å². The SMILES string of the molecule is Nc1c(Oc2cccc3cccnc23)ncnc1N1CCSCC1. The highest BCUT2D eigenvalue weighted by atomic mass is 32.2. The van der Waals surface area contributed by atoms with Crippen molar-refractivity contribution in [3.05, 3.63) is 42.9 Å². The molecule has 1 aliphatic rings. The van der Waals surface area contributed by atoms with Crippen LogP contribution in [0, 0.1) is 0 Å². The molecule has 2 aromatic heterocycles. The number of hydrogen-bond acceptors (Lipinski definition) is 7. The molecule has 0 radical (unpaired) electrons. The number of fused-ring (bicyclic) bond motifs is 1. The van der Waals surface area contributed by atoms with Gasteiger partial charge in [0.1, 0.15) is 17.5 Å². The molecular formula is C17H17N5OS. The van der Waals surface area contributed by atoms with Gasteiger partial charge in [-0.25, -0.2) is 4.98 Å². The van der Waals surface area contributed by atoms with E-state index in [9.17, 15) is 0 Å². The first-order chi connectivity index (χ1) is 11.8. The molecular weight excluding hydrogens is 322 g/mol. The minimum Gasteiger partial charge on any atom is -0.435 e. The zero-order valence-corrected chi connectivity index (χ0v) is 13.9. The third kappa shape index (κ3) is 2.82. The minimum absolute atomic E-state index is 0.372. The van der Waals surface area contributed by atoms with Crippen LogP contribution in [0.4, 0.5) is 11.5 Å². The van der Waals surface area contributed by atoms with Crippen LogP contribution in [0.15, 0.2) is 42.9 Å². The Kier molecular flexibility index (Phi) is 4.08. The van der Waals surface area contributed by atoms with Gasteiger partial charge in [-0.3, -0.25) is 4.98 Å². The quantitative estimate of drug-likeness (QED) is 0.786. The maximum Gasteiger partial charge on any atom is 0.248 e. The highest BCUT2D eigenvalue weighted by Crippen LogP contribution is 2.34. The summed E-state index contributed by atoms with van der Waals surface area (Å²) in [4.78, 5) is 15.1. The molecule has 0 aliphatic carbocycles. The van der Waals surface area contributed by atoms with E-state index >= 15 is 0 Å². The van der Waals surface area contributed by atoms with Crippen LogP contribution >= 0.6 is 11.8 Å².